The van der Waals surface area contributed by atoms with Gasteiger partial charge in [-0.2, -0.15) is 0 Å². The van der Waals surface area contributed by atoms with Gasteiger partial charge in [0, 0.05) is 23.5 Å². The van der Waals surface area contributed by atoms with Crippen LogP contribution in [0.5, 0.6) is 0 Å². The van der Waals surface area contributed by atoms with Crippen LogP contribution in [0.2, 0.25) is 0 Å². The molecule has 2 aromatic rings. The largest absolute Gasteiger partial charge is 0.376 e. The molecule has 0 aliphatic rings. The maximum absolute atomic E-state index is 12.0. The number of nitrogens with one attached hydrogen (secondary N) is 3. The van der Waals surface area contributed by atoms with Gasteiger partial charge < -0.3 is 16.0 Å². The zero-order chi connectivity index (χ0) is 17.5. The molecule has 0 aliphatic carbocycles. The maximum atomic E-state index is 12.0. The van der Waals surface area contributed by atoms with Crippen LogP contribution in [0.3, 0.4) is 0 Å². The van der Waals surface area contributed by atoms with Crippen LogP contribution in [-0.2, 0) is 9.59 Å². The summed E-state index contributed by atoms with van der Waals surface area (Å²) in [5.74, 6) is -0.161. The standard InChI is InChI=1S/C19H23N3O2/c1-4-18(23)22-17-11-16(10-7-14(17)3)20-12-19(24)21-15-8-5-13(2)6-9-15/h5-11,20H,4,12H2,1-3H3,(H,21,24)(H,22,23). The molecule has 0 atom stereocenters. The van der Waals surface area contributed by atoms with Gasteiger partial charge in [-0.1, -0.05) is 30.7 Å². The minimum absolute atomic E-state index is 0.0348. The Morgan fingerprint density at radius 3 is 2.21 bits per heavy atom. The van der Waals surface area contributed by atoms with Gasteiger partial charge in [0.05, 0.1) is 6.54 Å². The first kappa shape index (κ1) is 17.5. The fraction of sp³-hybridized carbons (Fsp3) is 0.263. The summed E-state index contributed by atoms with van der Waals surface area (Å²) in [5, 5.41) is 8.76. The van der Waals surface area contributed by atoms with Crippen molar-refractivity contribution in [2.45, 2.75) is 27.2 Å². The molecule has 0 heterocycles. The fourth-order valence-corrected chi connectivity index (χ4v) is 2.13. The summed E-state index contributed by atoms with van der Waals surface area (Å²) in [6, 6.07) is 13.3. The molecule has 5 nitrogen and oxygen atoms in total. The molecule has 0 unspecified atom stereocenters. The zero-order valence-corrected chi connectivity index (χ0v) is 14.3. The highest BCUT2D eigenvalue weighted by Gasteiger charge is 2.06. The quantitative estimate of drug-likeness (QED) is 0.758. The van der Waals surface area contributed by atoms with Crippen molar-refractivity contribution in [3.63, 3.8) is 0 Å². The van der Waals surface area contributed by atoms with E-state index in [0.29, 0.717) is 6.42 Å². The van der Waals surface area contributed by atoms with Gasteiger partial charge in [-0.15, -0.1) is 0 Å². The molecule has 0 spiro atoms. The van der Waals surface area contributed by atoms with Crippen molar-refractivity contribution < 1.29 is 9.59 Å². The molecular formula is C19H23N3O2. The van der Waals surface area contributed by atoms with Crippen molar-refractivity contribution in [3.8, 4) is 0 Å². The molecule has 0 bridgehead atoms. The van der Waals surface area contributed by atoms with Gasteiger partial charge in [0.15, 0.2) is 0 Å². The van der Waals surface area contributed by atoms with E-state index in [2.05, 4.69) is 16.0 Å². The van der Waals surface area contributed by atoms with Crippen LogP contribution in [-0.4, -0.2) is 18.4 Å². The maximum Gasteiger partial charge on any atom is 0.243 e. The van der Waals surface area contributed by atoms with Crippen molar-refractivity contribution in [3.05, 3.63) is 53.6 Å². The first-order valence-electron chi connectivity index (χ1n) is 7.99. The average Bonchev–Trinajstić information content (AvgIpc) is 2.57. The number of amides is 2. The van der Waals surface area contributed by atoms with Crippen molar-refractivity contribution in [1.82, 2.24) is 0 Å². The van der Waals surface area contributed by atoms with E-state index in [0.717, 1.165) is 28.2 Å². The predicted octanol–water partition coefficient (Wildman–Crippen LogP) is 3.70. The third-order valence-corrected chi connectivity index (χ3v) is 3.62. The topological polar surface area (TPSA) is 70.2 Å². The Labute approximate surface area is 142 Å². The van der Waals surface area contributed by atoms with E-state index in [9.17, 15) is 9.59 Å². The monoisotopic (exact) mass is 325 g/mol. The van der Waals surface area contributed by atoms with Crippen molar-refractivity contribution in [2.75, 3.05) is 22.5 Å². The van der Waals surface area contributed by atoms with Crippen LogP contribution in [0.4, 0.5) is 17.1 Å². The van der Waals surface area contributed by atoms with Gasteiger partial charge in [-0.3, -0.25) is 9.59 Å². The van der Waals surface area contributed by atoms with Gasteiger partial charge in [0.25, 0.3) is 0 Å². The SMILES string of the molecule is CCC(=O)Nc1cc(NCC(=O)Nc2ccc(C)cc2)ccc1C. The molecule has 3 N–H and O–H groups in total. The lowest BCUT2D eigenvalue weighted by atomic mass is 10.1. The van der Waals surface area contributed by atoms with Gasteiger partial charge in [-0.05, 0) is 43.7 Å². The van der Waals surface area contributed by atoms with Crippen LogP contribution >= 0.6 is 0 Å². The first-order chi connectivity index (χ1) is 11.5. The van der Waals surface area contributed by atoms with Crippen LogP contribution < -0.4 is 16.0 Å². The Morgan fingerprint density at radius 2 is 1.54 bits per heavy atom. The highest BCUT2D eigenvalue weighted by atomic mass is 16.2. The predicted molar refractivity (Wildman–Crippen MR) is 98.4 cm³/mol. The molecule has 126 valence electrons. The van der Waals surface area contributed by atoms with Crippen LogP contribution in [0.15, 0.2) is 42.5 Å². The Bertz CT molecular complexity index is 724. The Morgan fingerprint density at radius 1 is 0.875 bits per heavy atom. The lowest BCUT2D eigenvalue weighted by molar-refractivity contribution is -0.116. The Kier molecular flexibility index (Phi) is 5.95. The number of carbonyl (C=O) groups excluding carboxylic acids is 2. The fourth-order valence-electron chi connectivity index (χ4n) is 2.13. The Hall–Kier alpha value is -2.82. The van der Waals surface area contributed by atoms with E-state index in [1.165, 1.54) is 0 Å². The number of benzene rings is 2. The van der Waals surface area contributed by atoms with Gasteiger partial charge in [-0.25, -0.2) is 0 Å². The number of hydrogen-bond acceptors (Lipinski definition) is 3. The number of carbonyl (C=O) groups is 2. The molecule has 5 heteroatoms. The first-order valence-corrected chi connectivity index (χ1v) is 7.99. The molecule has 0 fully saturated rings. The molecule has 2 amide bonds. The Balaban J connectivity index is 1.93. The third kappa shape index (κ3) is 5.12. The number of rotatable bonds is 6. The minimum atomic E-state index is -0.126. The van der Waals surface area contributed by atoms with E-state index < -0.39 is 0 Å². The minimum Gasteiger partial charge on any atom is -0.376 e. The molecule has 2 aromatic carbocycles. The van der Waals surface area contributed by atoms with Gasteiger partial charge in [0.1, 0.15) is 0 Å². The normalized spacial score (nSPS) is 10.1. The second-order valence-corrected chi connectivity index (χ2v) is 5.70. The molecule has 0 radical (unpaired) electrons. The molecule has 0 saturated carbocycles. The molecule has 0 aromatic heterocycles. The summed E-state index contributed by atoms with van der Waals surface area (Å²) < 4.78 is 0. The number of anilines is 3. The van der Waals surface area contributed by atoms with Crippen molar-refractivity contribution in [2.24, 2.45) is 0 Å². The summed E-state index contributed by atoms with van der Waals surface area (Å²) in [6.45, 7) is 5.89. The van der Waals surface area contributed by atoms with Crippen LogP contribution in [0, 0.1) is 13.8 Å². The highest BCUT2D eigenvalue weighted by molar-refractivity contribution is 5.94. The number of hydrogen-bond donors (Lipinski definition) is 3. The average molecular weight is 325 g/mol. The highest BCUT2D eigenvalue weighted by Crippen LogP contribution is 2.20. The zero-order valence-electron chi connectivity index (χ0n) is 14.3. The van der Waals surface area contributed by atoms with E-state index in [-0.39, 0.29) is 18.4 Å². The molecule has 0 saturated heterocycles. The molecule has 0 aliphatic heterocycles. The van der Waals surface area contributed by atoms with E-state index >= 15 is 0 Å². The lowest BCUT2D eigenvalue weighted by Crippen LogP contribution is -2.21. The summed E-state index contributed by atoms with van der Waals surface area (Å²) in [5.41, 5.74) is 4.43. The van der Waals surface area contributed by atoms with Crippen LogP contribution in [0.25, 0.3) is 0 Å². The van der Waals surface area contributed by atoms with Gasteiger partial charge in [0.2, 0.25) is 11.8 Å². The van der Waals surface area contributed by atoms with E-state index in [1.807, 2.05) is 63.2 Å². The van der Waals surface area contributed by atoms with Crippen LogP contribution in [0.1, 0.15) is 24.5 Å². The molecular weight excluding hydrogens is 302 g/mol. The lowest BCUT2D eigenvalue weighted by Gasteiger charge is -2.12. The number of aryl methyl sites for hydroxylation is 2. The second kappa shape index (κ2) is 8.15. The summed E-state index contributed by atoms with van der Waals surface area (Å²) >= 11 is 0. The summed E-state index contributed by atoms with van der Waals surface area (Å²) in [4.78, 5) is 23.5. The van der Waals surface area contributed by atoms with Gasteiger partial charge >= 0.3 is 0 Å². The molecule has 24 heavy (non-hydrogen) atoms. The van der Waals surface area contributed by atoms with Crippen molar-refractivity contribution in [1.29, 1.82) is 0 Å². The third-order valence-electron chi connectivity index (χ3n) is 3.62. The van der Waals surface area contributed by atoms with E-state index in [1.54, 1.807) is 0 Å². The van der Waals surface area contributed by atoms with Crippen molar-refractivity contribution >= 4 is 28.9 Å². The summed E-state index contributed by atoms with van der Waals surface area (Å²) in [7, 11) is 0. The smallest absolute Gasteiger partial charge is 0.243 e. The summed E-state index contributed by atoms with van der Waals surface area (Å²) in [6.07, 6.45) is 0.427. The second-order valence-electron chi connectivity index (χ2n) is 5.70. The molecule has 2 rings (SSSR count). The van der Waals surface area contributed by atoms with E-state index in [4.69, 9.17) is 0 Å².